The van der Waals surface area contributed by atoms with Gasteiger partial charge in [0.05, 0.1) is 0 Å². The van der Waals surface area contributed by atoms with E-state index in [1.54, 1.807) is 6.92 Å². The molecule has 0 aliphatic rings. The Morgan fingerprint density at radius 2 is 1.81 bits per heavy atom. The second-order valence-corrected chi connectivity index (χ2v) is 3.42. The van der Waals surface area contributed by atoms with Gasteiger partial charge in [0.2, 0.25) is 0 Å². The Labute approximate surface area is 146 Å². The van der Waals surface area contributed by atoms with Crippen LogP contribution in [0.5, 0.6) is 0 Å². The number of allylic oxidation sites excluding steroid dienone is 2. The molecule has 0 fully saturated rings. The zero-order chi connectivity index (χ0) is 10.6. The molecule has 74 valence electrons. The summed E-state index contributed by atoms with van der Waals surface area (Å²) in [6.45, 7) is 3.28. The Bertz CT molecular complexity index is 387. The summed E-state index contributed by atoms with van der Waals surface area (Å²) in [6.07, 6.45) is 1.49. The molecule has 0 radical (unpaired) electrons. The zero-order valence-electron chi connectivity index (χ0n) is 10.2. The molecule has 1 aromatic rings. The van der Waals surface area contributed by atoms with Crippen molar-refractivity contribution in [1.82, 2.24) is 0 Å². The van der Waals surface area contributed by atoms with E-state index in [1.807, 2.05) is 24.3 Å². The number of para-hydroxylation sites is 1. The molecule has 0 bridgehead atoms. The Hall–Kier alpha value is 0.650. The summed E-state index contributed by atoms with van der Waals surface area (Å²) >= 11 is 5.08. The van der Waals surface area contributed by atoms with Gasteiger partial charge in [0.1, 0.15) is 0 Å². The zero-order valence-corrected chi connectivity index (χ0v) is 15.0. The van der Waals surface area contributed by atoms with Crippen molar-refractivity contribution in [1.29, 1.82) is 0 Å². The molecule has 0 unspecified atom stereocenters. The van der Waals surface area contributed by atoms with Crippen molar-refractivity contribution in [2.45, 2.75) is 18.7 Å². The van der Waals surface area contributed by atoms with Gasteiger partial charge in [-0.1, -0.05) is 31.2 Å². The van der Waals surface area contributed by atoms with E-state index < -0.39 is 0 Å². The second-order valence-electron chi connectivity index (χ2n) is 2.98. The number of aliphatic imine (C=N–C) groups is 1. The van der Waals surface area contributed by atoms with Crippen molar-refractivity contribution in [2.75, 3.05) is 0 Å². The monoisotopic (exact) mass is 251 g/mol. The average Bonchev–Trinajstić information content (AvgIpc) is 2.07. The number of hydrogen-bond donors (Lipinski definition) is 0. The quantitative estimate of drug-likeness (QED) is 0.232. The maximum Gasteiger partial charge on any atom is 1.00 e. The molecule has 1 aromatic carbocycles. The van der Waals surface area contributed by atoms with Crippen LogP contribution in [0.15, 0.2) is 46.0 Å². The van der Waals surface area contributed by atoms with Crippen molar-refractivity contribution >= 4 is 24.0 Å². The molecular formula is C11H11NNa2OS. The fourth-order valence-corrected chi connectivity index (χ4v) is 1.26. The van der Waals surface area contributed by atoms with Gasteiger partial charge in [0.25, 0.3) is 0 Å². The fourth-order valence-electron chi connectivity index (χ4n) is 1.07. The van der Waals surface area contributed by atoms with Crippen LogP contribution in [0.3, 0.4) is 0 Å². The van der Waals surface area contributed by atoms with Crippen molar-refractivity contribution in [3.8, 4) is 0 Å². The third kappa shape index (κ3) is 7.07. The van der Waals surface area contributed by atoms with Crippen LogP contribution < -0.4 is 64.2 Å². The number of rotatable bonds is 2. The van der Waals surface area contributed by atoms with E-state index in [2.05, 4.69) is 4.99 Å². The van der Waals surface area contributed by atoms with E-state index in [9.17, 15) is 5.11 Å². The Morgan fingerprint density at radius 3 is 2.31 bits per heavy atom. The Balaban J connectivity index is 0. The summed E-state index contributed by atoms with van der Waals surface area (Å²) in [5.74, 6) is -0.00639. The minimum Gasteiger partial charge on any atom is -0.876 e. The van der Waals surface area contributed by atoms with Crippen molar-refractivity contribution in [2.24, 2.45) is 4.99 Å². The van der Waals surface area contributed by atoms with Crippen LogP contribution in [-0.2, 0) is 12.6 Å². The molecule has 0 heterocycles. The Morgan fingerprint density at radius 1 is 1.25 bits per heavy atom. The summed E-state index contributed by atoms with van der Waals surface area (Å²) < 4.78 is 0. The molecular weight excluding hydrogens is 240 g/mol. The van der Waals surface area contributed by atoms with Crippen molar-refractivity contribution < 1.29 is 64.2 Å². The molecule has 0 atom stereocenters. The van der Waals surface area contributed by atoms with Gasteiger partial charge in [-0.3, -0.25) is 4.99 Å². The first-order chi connectivity index (χ1) is 6.59. The van der Waals surface area contributed by atoms with Crippen LogP contribution in [0.25, 0.3) is 0 Å². The molecule has 2 nitrogen and oxygen atoms in total. The predicted molar refractivity (Wildman–Crippen MR) is 58.6 cm³/mol. The van der Waals surface area contributed by atoms with Crippen LogP contribution in [0.1, 0.15) is 13.8 Å². The van der Waals surface area contributed by atoms with Crippen LogP contribution in [0.4, 0.5) is 5.69 Å². The molecule has 0 N–H and O–H groups in total. The summed E-state index contributed by atoms with van der Waals surface area (Å²) in [5, 5.41) is 10.8. The second kappa shape index (κ2) is 9.66. The van der Waals surface area contributed by atoms with Gasteiger partial charge in [-0.2, -0.15) is 0 Å². The molecule has 0 saturated heterocycles. The third-order valence-electron chi connectivity index (χ3n) is 1.57. The smallest absolute Gasteiger partial charge is 0.876 e. The average molecular weight is 251 g/mol. The summed E-state index contributed by atoms with van der Waals surface area (Å²) in [7, 11) is 0. The van der Waals surface area contributed by atoms with Gasteiger partial charge in [0.15, 0.2) is 0 Å². The molecule has 0 saturated carbocycles. The molecule has 0 aromatic heterocycles. The molecule has 0 aliphatic heterocycles. The first-order valence-electron chi connectivity index (χ1n) is 4.26. The van der Waals surface area contributed by atoms with Gasteiger partial charge in [-0.25, -0.2) is 0 Å². The van der Waals surface area contributed by atoms with Crippen LogP contribution in [0, 0.1) is 0 Å². The van der Waals surface area contributed by atoms with E-state index in [0.29, 0.717) is 10.6 Å². The van der Waals surface area contributed by atoms with Crippen molar-refractivity contribution in [3.05, 3.63) is 36.1 Å². The largest absolute Gasteiger partial charge is 1.00 e. The molecule has 0 amide bonds. The summed E-state index contributed by atoms with van der Waals surface area (Å²) in [5.41, 5.74) is 1.41. The maximum atomic E-state index is 10.8. The van der Waals surface area contributed by atoms with E-state index in [0.717, 1.165) is 5.69 Å². The minimum atomic E-state index is -0.00639. The maximum absolute atomic E-state index is 10.8. The molecule has 1 rings (SSSR count). The van der Waals surface area contributed by atoms with Gasteiger partial charge < -0.3 is 17.7 Å². The predicted octanol–water partition coefficient (Wildman–Crippen LogP) is -4.04. The normalized spacial score (nSPS) is 11.4. The third-order valence-corrected chi connectivity index (χ3v) is 1.92. The molecule has 16 heavy (non-hydrogen) atoms. The van der Waals surface area contributed by atoms with Gasteiger partial charge in [-0.05, 0) is 13.0 Å². The molecule has 5 heteroatoms. The number of hydrogen-bond acceptors (Lipinski definition) is 3. The fraction of sp³-hybridized carbons (Fsp3) is 0.182. The van der Waals surface area contributed by atoms with Crippen LogP contribution >= 0.6 is 0 Å². The van der Waals surface area contributed by atoms with Crippen LogP contribution in [0.2, 0.25) is 0 Å². The van der Waals surface area contributed by atoms with Gasteiger partial charge in [-0.15, -0.1) is 10.7 Å². The first kappa shape index (κ1) is 19.0. The number of benzene rings is 1. The topological polar surface area (TPSA) is 35.4 Å². The number of nitrogens with zero attached hydrogens (tertiary/aromatic N) is 1. The van der Waals surface area contributed by atoms with Crippen molar-refractivity contribution in [3.63, 3.8) is 0 Å². The molecule has 0 aliphatic carbocycles. The van der Waals surface area contributed by atoms with E-state index in [-0.39, 0.29) is 64.9 Å². The van der Waals surface area contributed by atoms with E-state index in [1.165, 1.54) is 13.0 Å². The van der Waals surface area contributed by atoms with Gasteiger partial charge >= 0.3 is 59.1 Å². The summed E-state index contributed by atoms with van der Waals surface area (Å²) in [6, 6.07) is 7.38. The summed E-state index contributed by atoms with van der Waals surface area (Å²) in [4.78, 5) is 4.93. The minimum absolute atomic E-state index is 0. The standard InChI is InChI=1S/C11H13NOS.2Na/c1-8(7-9(2)13)12-10-5-3-4-6-11(10)14;;/h3-7,13-14H,1-2H3;;/q;2*+1/p-2/b9-7-,12-8?;;. The Kier molecular flexibility index (Phi) is 11.5. The SMILES string of the molecule is CC(/C=C(/C)[O-])=Nc1ccccc1[S-].[Na+].[Na+]. The van der Waals surface area contributed by atoms with Crippen LogP contribution in [-0.4, -0.2) is 5.71 Å². The first-order valence-corrected chi connectivity index (χ1v) is 4.67. The van der Waals surface area contributed by atoms with E-state index >= 15 is 0 Å². The van der Waals surface area contributed by atoms with Gasteiger partial charge in [0, 0.05) is 11.4 Å². The molecule has 0 spiro atoms. The van der Waals surface area contributed by atoms with E-state index in [4.69, 9.17) is 12.6 Å².